The van der Waals surface area contributed by atoms with E-state index in [2.05, 4.69) is 9.73 Å². The van der Waals surface area contributed by atoms with Crippen molar-refractivity contribution in [2.75, 3.05) is 7.11 Å². The van der Waals surface area contributed by atoms with Crippen LogP contribution in [-0.4, -0.2) is 23.7 Å². The second-order valence-electron chi connectivity index (χ2n) is 5.54. The summed E-state index contributed by atoms with van der Waals surface area (Å²) in [6.45, 7) is 2.77. The Kier molecular flexibility index (Phi) is 4.96. The van der Waals surface area contributed by atoms with Gasteiger partial charge in [-0.25, -0.2) is 0 Å². The summed E-state index contributed by atoms with van der Waals surface area (Å²) in [5.41, 5.74) is -1.80. The van der Waals surface area contributed by atoms with E-state index in [-0.39, 0.29) is 17.0 Å². The number of hydrogen-bond acceptors (Lipinski definition) is 5. The predicted molar refractivity (Wildman–Crippen MR) is 82.5 cm³/mol. The Morgan fingerprint density at radius 1 is 1.28 bits per heavy atom. The van der Waals surface area contributed by atoms with Crippen molar-refractivity contribution in [3.05, 3.63) is 56.9 Å². The molecule has 1 aromatic carbocycles. The molecule has 0 fully saturated rings. The number of halogens is 3. The molecular weight excluding hydrogens is 341 g/mol. The van der Waals surface area contributed by atoms with Crippen LogP contribution in [0, 0.1) is 16.0 Å². The number of allylic oxidation sites excluding steroid dienone is 2. The number of benzene rings is 1. The fraction of sp³-hybridized carbons (Fsp3) is 0.375. The molecule has 9 heteroatoms. The molecule has 25 heavy (non-hydrogen) atoms. The molecule has 1 heterocycles. The summed E-state index contributed by atoms with van der Waals surface area (Å²) in [7, 11) is 1.07. The van der Waals surface area contributed by atoms with Gasteiger partial charge >= 0.3 is 12.1 Å². The van der Waals surface area contributed by atoms with Gasteiger partial charge in [0, 0.05) is 5.71 Å². The first-order valence-corrected chi connectivity index (χ1v) is 7.23. The molecule has 1 aliphatic rings. The lowest BCUT2D eigenvalue weighted by atomic mass is 9.77. The van der Waals surface area contributed by atoms with Crippen molar-refractivity contribution in [1.29, 1.82) is 0 Å². The summed E-state index contributed by atoms with van der Waals surface area (Å²) < 4.78 is 44.9. The lowest BCUT2D eigenvalue weighted by Gasteiger charge is -2.29. The van der Waals surface area contributed by atoms with Crippen LogP contribution in [0.3, 0.4) is 0 Å². The van der Waals surface area contributed by atoms with Gasteiger partial charge in [-0.1, -0.05) is 18.2 Å². The van der Waals surface area contributed by atoms with Gasteiger partial charge in [-0.2, -0.15) is 13.2 Å². The van der Waals surface area contributed by atoms with Crippen LogP contribution in [0.1, 0.15) is 30.9 Å². The second-order valence-corrected chi connectivity index (χ2v) is 5.54. The van der Waals surface area contributed by atoms with Crippen LogP contribution in [0.4, 0.5) is 13.2 Å². The van der Waals surface area contributed by atoms with Gasteiger partial charge in [-0.3, -0.25) is 19.9 Å². The van der Waals surface area contributed by atoms with Crippen molar-refractivity contribution in [3.63, 3.8) is 0 Å². The summed E-state index contributed by atoms with van der Waals surface area (Å²) in [5, 5.41) is 11.5. The highest BCUT2D eigenvalue weighted by Crippen LogP contribution is 2.44. The lowest BCUT2D eigenvalue weighted by Crippen LogP contribution is -2.36. The van der Waals surface area contributed by atoms with Gasteiger partial charge in [0.05, 0.1) is 23.5 Å². The summed E-state index contributed by atoms with van der Waals surface area (Å²) >= 11 is 0. The first-order chi connectivity index (χ1) is 11.6. The normalized spacial score (nSPS) is 21.0. The average Bonchev–Trinajstić information content (AvgIpc) is 2.52. The summed E-state index contributed by atoms with van der Waals surface area (Å²) in [5.74, 6) is -3.63. The Bertz CT molecular complexity index is 784. The molecule has 1 aromatic rings. The molecule has 6 nitrogen and oxygen atoms in total. The quantitative estimate of drug-likeness (QED) is 0.471. The number of nitrogens with zero attached hydrogens (tertiary/aromatic N) is 2. The van der Waals surface area contributed by atoms with E-state index in [1.807, 2.05) is 0 Å². The highest BCUT2D eigenvalue weighted by molar-refractivity contribution is 6.03. The molecule has 134 valence electrons. The molecule has 0 spiro atoms. The first-order valence-electron chi connectivity index (χ1n) is 7.23. The maximum Gasteiger partial charge on any atom is 0.416 e. The molecule has 2 rings (SSSR count). The molecule has 2 atom stereocenters. The Balaban J connectivity index is 2.79. The zero-order valence-corrected chi connectivity index (χ0v) is 13.6. The maximum atomic E-state index is 13.4. The van der Waals surface area contributed by atoms with Crippen molar-refractivity contribution in [2.24, 2.45) is 10.9 Å². The van der Waals surface area contributed by atoms with Gasteiger partial charge in [0.2, 0.25) is 0 Å². The molecule has 0 bridgehead atoms. The van der Waals surface area contributed by atoms with E-state index in [0.717, 1.165) is 19.2 Å². The molecule has 0 radical (unpaired) electrons. The molecule has 0 saturated carbocycles. The van der Waals surface area contributed by atoms with Gasteiger partial charge in [0.1, 0.15) is 11.6 Å². The summed E-state index contributed by atoms with van der Waals surface area (Å²) in [4.78, 5) is 26.9. The fourth-order valence-corrected chi connectivity index (χ4v) is 3.05. The third kappa shape index (κ3) is 3.40. The zero-order chi connectivity index (χ0) is 18.9. The number of nitro groups is 1. The van der Waals surface area contributed by atoms with Gasteiger partial charge < -0.3 is 4.74 Å². The van der Waals surface area contributed by atoms with E-state index in [1.54, 1.807) is 0 Å². The minimum absolute atomic E-state index is 0.0374. The lowest BCUT2D eigenvalue weighted by molar-refractivity contribution is -0.432. The predicted octanol–water partition coefficient (Wildman–Crippen LogP) is 3.56. The number of carbonyl (C=O) groups is 1. The SMILES string of the molecule is COC(=O)C1C(C)=NC(C)=C([N+](=O)[O-])[C@@H]1c1ccccc1C(F)(F)F. The summed E-state index contributed by atoms with van der Waals surface area (Å²) in [6, 6.07) is 4.50. The number of alkyl halides is 3. The largest absolute Gasteiger partial charge is 0.468 e. The zero-order valence-electron chi connectivity index (χ0n) is 13.6. The van der Waals surface area contributed by atoms with E-state index in [1.165, 1.54) is 26.0 Å². The van der Waals surface area contributed by atoms with Crippen LogP contribution in [0.5, 0.6) is 0 Å². The van der Waals surface area contributed by atoms with E-state index in [4.69, 9.17) is 0 Å². The smallest absolute Gasteiger partial charge is 0.416 e. The van der Waals surface area contributed by atoms with Crippen LogP contribution < -0.4 is 0 Å². The number of esters is 1. The van der Waals surface area contributed by atoms with Crippen LogP contribution in [-0.2, 0) is 15.7 Å². The number of hydrogen-bond donors (Lipinski definition) is 0. The Hall–Kier alpha value is -2.71. The average molecular weight is 356 g/mol. The Morgan fingerprint density at radius 2 is 1.88 bits per heavy atom. The Labute approximate surface area is 141 Å². The van der Waals surface area contributed by atoms with Crippen molar-refractivity contribution < 1.29 is 27.6 Å². The van der Waals surface area contributed by atoms with Crippen molar-refractivity contribution >= 4 is 11.7 Å². The van der Waals surface area contributed by atoms with E-state index >= 15 is 0 Å². The van der Waals surface area contributed by atoms with Crippen LogP contribution in [0.2, 0.25) is 0 Å². The molecule has 0 amide bonds. The van der Waals surface area contributed by atoms with Gasteiger partial charge in [0.15, 0.2) is 0 Å². The molecule has 1 unspecified atom stereocenters. The fourth-order valence-electron chi connectivity index (χ4n) is 3.05. The molecule has 0 aromatic heterocycles. The monoisotopic (exact) mass is 356 g/mol. The van der Waals surface area contributed by atoms with Crippen LogP contribution >= 0.6 is 0 Å². The molecule has 0 aliphatic carbocycles. The number of carbonyl (C=O) groups excluding carboxylic acids is 1. The molecular formula is C16H15F3N2O4. The van der Waals surface area contributed by atoms with E-state index in [9.17, 15) is 28.1 Å². The van der Waals surface area contributed by atoms with Crippen molar-refractivity contribution in [3.8, 4) is 0 Å². The van der Waals surface area contributed by atoms with Gasteiger partial charge in [-0.05, 0) is 25.5 Å². The summed E-state index contributed by atoms with van der Waals surface area (Å²) in [6.07, 6.45) is -4.73. The highest BCUT2D eigenvalue weighted by atomic mass is 19.4. The number of ether oxygens (including phenoxy) is 1. The molecule has 0 saturated heterocycles. The first kappa shape index (κ1) is 18.6. The topological polar surface area (TPSA) is 81.8 Å². The number of aliphatic imine (C=N–C) groups is 1. The van der Waals surface area contributed by atoms with E-state index < -0.39 is 40.2 Å². The number of methoxy groups -OCH3 is 1. The van der Waals surface area contributed by atoms with Crippen LogP contribution in [0.15, 0.2) is 40.7 Å². The Morgan fingerprint density at radius 3 is 2.40 bits per heavy atom. The molecule has 1 aliphatic heterocycles. The van der Waals surface area contributed by atoms with Crippen LogP contribution in [0.25, 0.3) is 0 Å². The standard InChI is InChI=1S/C16H15F3N2O4/c1-8-12(15(22)25-3)13(14(21(23)24)9(2)20-8)10-6-4-5-7-11(10)16(17,18)19/h4-7,12-13H,1-3H3/t12?,13-/m1/s1. The van der Waals surface area contributed by atoms with Crippen molar-refractivity contribution in [2.45, 2.75) is 25.9 Å². The highest BCUT2D eigenvalue weighted by Gasteiger charge is 2.48. The van der Waals surface area contributed by atoms with Crippen molar-refractivity contribution in [1.82, 2.24) is 0 Å². The van der Waals surface area contributed by atoms with Gasteiger partial charge in [-0.15, -0.1) is 0 Å². The number of rotatable bonds is 3. The third-order valence-corrected chi connectivity index (χ3v) is 4.05. The van der Waals surface area contributed by atoms with Gasteiger partial charge in [0.25, 0.3) is 5.70 Å². The minimum atomic E-state index is -4.73. The second kappa shape index (κ2) is 6.66. The third-order valence-electron chi connectivity index (χ3n) is 4.05. The minimum Gasteiger partial charge on any atom is -0.468 e. The maximum absolute atomic E-state index is 13.4. The van der Waals surface area contributed by atoms with E-state index in [0.29, 0.717) is 0 Å². The molecule has 0 N–H and O–H groups in total.